The van der Waals surface area contributed by atoms with E-state index in [9.17, 15) is 14.4 Å². The second kappa shape index (κ2) is 11.3. The number of carbonyl (C=O) groups is 3. The number of nitrogens with one attached hydrogen (secondary N) is 3. The third-order valence-electron chi connectivity index (χ3n) is 4.98. The van der Waals surface area contributed by atoms with E-state index < -0.39 is 11.9 Å². The Bertz CT molecular complexity index is 1140. The smallest absolute Gasteiger partial charge is 0.265 e. The molecule has 3 N–H and O–H groups in total. The van der Waals surface area contributed by atoms with E-state index >= 15 is 0 Å². The fourth-order valence-corrected chi connectivity index (χ4v) is 3.81. The number of benzene rings is 2. The van der Waals surface area contributed by atoms with Crippen LogP contribution in [0.3, 0.4) is 0 Å². The van der Waals surface area contributed by atoms with Gasteiger partial charge < -0.3 is 25.4 Å². The lowest BCUT2D eigenvalue weighted by Crippen LogP contribution is -2.47. The van der Waals surface area contributed by atoms with Crippen molar-refractivity contribution in [3.8, 4) is 11.5 Å². The molecule has 0 fully saturated rings. The Labute approximate surface area is 202 Å². The summed E-state index contributed by atoms with van der Waals surface area (Å²) < 4.78 is 10.4. The van der Waals surface area contributed by atoms with Crippen LogP contribution in [0, 0.1) is 5.92 Å². The third-order valence-corrected chi connectivity index (χ3v) is 5.85. The summed E-state index contributed by atoms with van der Waals surface area (Å²) in [5, 5.41) is 10.3. The quantitative estimate of drug-likeness (QED) is 0.420. The number of methoxy groups -OCH3 is 2. The van der Waals surface area contributed by atoms with E-state index in [4.69, 9.17) is 9.47 Å². The van der Waals surface area contributed by atoms with Crippen LogP contribution in [0.15, 0.2) is 60.0 Å². The van der Waals surface area contributed by atoms with Gasteiger partial charge in [0.05, 0.1) is 19.1 Å². The molecule has 1 heterocycles. The monoisotopic (exact) mass is 481 g/mol. The van der Waals surface area contributed by atoms with Gasteiger partial charge in [0.15, 0.2) is 0 Å². The van der Waals surface area contributed by atoms with E-state index in [0.29, 0.717) is 33.3 Å². The molecule has 1 atom stereocenters. The second-order valence-corrected chi connectivity index (χ2v) is 8.75. The van der Waals surface area contributed by atoms with Crippen LogP contribution in [0.5, 0.6) is 11.5 Å². The van der Waals surface area contributed by atoms with Gasteiger partial charge in [-0.3, -0.25) is 14.4 Å². The Morgan fingerprint density at radius 1 is 0.824 bits per heavy atom. The normalized spacial score (nSPS) is 11.4. The van der Waals surface area contributed by atoms with Crippen molar-refractivity contribution in [2.45, 2.75) is 19.9 Å². The molecule has 0 radical (unpaired) electrons. The molecule has 0 saturated heterocycles. The molecule has 1 aromatic heterocycles. The van der Waals surface area contributed by atoms with E-state index in [1.165, 1.54) is 25.6 Å². The van der Waals surface area contributed by atoms with E-state index in [1.54, 1.807) is 54.6 Å². The van der Waals surface area contributed by atoms with Crippen LogP contribution in [0.2, 0.25) is 0 Å². The predicted octanol–water partition coefficient (Wildman–Crippen LogP) is 4.41. The van der Waals surface area contributed by atoms with Gasteiger partial charge in [-0.15, -0.1) is 11.3 Å². The second-order valence-electron chi connectivity index (χ2n) is 7.80. The molecule has 34 heavy (non-hydrogen) atoms. The van der Waals surface area contributed by atoms with Crippen molar-refractivity contribution >= 4 is 40.4 Å². The maximum atomic E-state index is 13.0. The minimum atomic E-state index is -0.797. The summed E-state index contributed by atoms with van der Waals surface area (Å²) in [6.07, 6.45) is 0. The van der Waals surface area contributed by atoms with E-state index in [0.717, 1.165) is 0 Å². The van der Waals surface area contributed by atoms with Gasteiger partial charge in [0.2, 0.25) is 5.91 Å². The van der Waals surface area contributed by atoms with Crippen molar-refractivity contribution in [1.82, 2.24) is 5.32 Å². The maximum absolute atomic E-state index is 13.0. The number of anilines is 2. The summed E-state index contributed by atoms with van der Waals surface area (Å²) in [5.41, 5.74) is 1.36. The van der Waals surface area contributed by atoms with Crippen molar-refractivity contribution in [3.63, 3.8) is 0 Å². The Morgan fingerprint density at radius 3 is 2.03 bits per heavy atom. The fraction of sp³-hybridized carbons (Fsp3) is 0.240. The fourth-order valence-electron chi connectivity index (χ4n) is 3.19. The molecule has 2 aromatic carbocycles. The summed E-state index contributed by atoms with van der Waals surface area (Å²) in [6, 6.07) is 14.4. The molecule has 0 aliphatic heterocycles. The molecule has 0 aliphatic rings. The van der Waals surface area contributed by atoms with Crippen molar-refractivity contribution in [2.75, 3.05) is 24.9 Å². The van der Waals surface area contributed by atoms with Crippen LogP contribution >= 0.6 is 11.3 Å². The number of thiophene rings is 1. The Hall–Kier alpha value is -3.85. The van der Waals surface area contributed by atoms with Gasteiger partial charge in [-0.1, -0.05) is 26.0 Å². The average Bonchev–Trinajstić information content (AvgIpc) is 3.37. The first-order valence-electron chi connectivity index (χ1n) is 10.6. The minimum absolute atomic E-state index is 0.182. The molecule has 178 valence electrons. The Balaban J connectivity index is 1.71. The van der Waals surface area contributed by atoms with E-state index in [-0.39, 0.29) is 17.7 Å². The molecule has 0 spiro atoms. The van der Waals surface area contributed by atoms with E-state index in [1.807, 2.05) is 19.2 Å². The SMILES string of the molecule is COc1cc(OC)cc(C(=O)NC(C(=O)Nc2cccc(NC(=O)c3cccs3)c2)C(C)C)c1. The molecular weight excluding hydrogens is 454 g/mol. The highest BCUT2D eigenvalue weighted by Gasteiger charge is 2.25. The zero-order valence-corrected chi connectivity index (χ0v) is 20.2. The number of hydrogen-bond acceptors (Lipinski definition) is 6. The Morgan fingerprint density at radius 2 is 1.47 bits per heavy atom. The van der Waals surface area contributed by atoms with Crippen LogP contribution in [0.25, 0.3) is 0 Å². The van der Waals surface area contributed by atoms with Gasteiger partial charge in [0.1, 0.15) is 17.5 Å². The summed E-state index contributed by atoms with van der Waals surface area (Å²) in [7, 11) is 3.00. The molecule has 8 nitrogen and oxygen atoms in total. The lowest BCUT2D eigenvalue weighted by atomic mass is 10.0. The molecular formula is C25H27N3O5S. The topological polar surface area (TPSA) is 106 Å². The summed E-state index contributed by atoms with van der Waals surface area (Å²) in [6.45, 7) is 3.68. The highest BCUT2D eigenvalue weighted by Crippen LogP contribution is 2.23. The zero-order valence-electron chi connectivity index (χ0n) is 19.4. The van der Waals surface area contributed by atoms with Gasteiger partial charge in [-0.2, -0.15) is 0 Å². The highest BCUT2D eigenvalue weighted by atomic mass is 32.1. The van der Waals surface area contributed by atoms with Crippen LogP contribution in [0.1, 0.15) is 33.9 Å². The van der Waals surface area contributed by atoms with Crippen molar-refractivity contribution in [2.24, 2.45) is 5.92 Å². The number of carbonyl (C=O) groups excluding carboxylic acids is 3. The lowest BCUT2D eigenvalue weighted by Gasteiger charge is -2.22. The van der Waals surface area contributed by atoms with Crippen molar-refractivity contribution in [3.05, 3.63) is 70.4 Å². The van der Waals surface area contributed by atoms with Gasteiger partial charge in [-0.25, -0.2) is 0 Å². The van der Waals surface area contributed by atoms with Gasteiger partial charge in [0, 0.05) is 23.0 Å². The molecule has 0 aliphatic carbocycles. The first-order chi connectivity index (χ1) is 16.3. The number of hydrogen-bond donors (Lipinski definition) is 3. The molecule has 3 aromatic rings. The number of ether oxygens (including phenoxy) is 2. The first-order valence-corrected chi connectivity index (χ1v) is 11.5. The van der Waals surface area contributed by atoms with Crippen molar-refractivity contribution in [1.29, 1.82) is 0 Å². The average molecular weight is 482 g/mol. The van der Waals surface area contributed by atoms with Crippen LogP contribution in [-0.2, 0) is 4.79 Å². The van der Waals surface area contributed by atoms with Crippen LogP contribution < -0.4 is 25.4 Å². The molecule has 1 unspecified atom stereocenters. The number of rotatable bonds is 9. The third kappa shape index (κ3) is 6.35. The molecule has 3 rings (SSSR count). The number of amides is 3. The molecule has 0 saturated carbocycles. The van der Waals surface area contributed by atoms with Crippen LogP contribution in [-0.4, -0.2) is 38.0 Å². The largest absolute Gasteiger partial charge is 0.497 e. The van der Waals surface area contributed by atoms with Crippen LogP contribution in [0.4, 0.5) is 11.4 Å². The standard InChI is InChI=1S/C25H27N3O5S/c1-15(2)22(28-23(29)16-11-19(32-3)14-20(12-16)33-4)25(31)27-18-8-5-7-17(13-18)26-24(30)21-9-6-10-34-21/h5-15,22H,1-4H3,(H,26,30)(H,27,31)(H,28,29). The summed E-state index contributed by atoms with van der Waals surface area (Å²) in [4.78, 5) is 38.8. The summed E-state index contributed by atoms with van der Waals surface area (Å²) >= 11 is 1.34. The predicted molar refractivity (Wildman–Crippen MR) is 133 cm³/mol. The molecule has 3 amide bonds. The minimum Gasteiger partial charge on any atom is -0.497 e. The summed E-state index contributed by atoms with van der Waals surface area (Å²) in [5.74, 6) is -0.270. The maximum Gasteiger partial charge on any atom is 0.265 e. The van der Waals surface area contributed by atoms with Gasteiger partial charge in [0.25, 0.3) is 11.8 Å². The Kier molecular flexibility index (Phi) is 8.26. The van der Waals surface area contributed by atoms with E-state index in [2.05, 4.69) is 16.0 Å². The zero-order chi connectivity index (χ0) is 24.7. The lowest BCUT2D eigenvalue weighted by molar-refractivity contribution is -0.118. The molecule has 9 heteroatoms. The van der Waals surface area contributed by atoms with Gasteiger partial charge >= 0.3 is 0 Å². The molecule has 0 bridgehead atoms. The van der Waals surface area contributed by atoms with Crippen molar-refractivity contribution < 1.29 is 23.9 Å². The highest BCUT2D eigenvalue weighted by molar-refractivity contribution is 7.12. The first kappa shape index (κ1) is 24.8. The van der Waals surface area contributed by atoms with Gasteiger partial charge in [-0.05, 0) is 47.7 Å².